The molecule has 1 rings (SSSR count). The number of aromatic carboxylic acids is 1. The van der Waals surface area contributed by atoms with Crippen molar-refractivity contribution in [2.75, 3.05) is 14.2 Å². The summed E-state index contributed by atoms with van der Waals surface area (Å²) in [6, 6.07) is 2.86. The molecule has 1 aromatic heterocycles. The molecule has 0 saturated heterocycles. The molecule has 1 N–H and O–H groups in total. The Labute approximate surface area is 84.5 Å². The molecule has 0 atom stereocenters. The highest BCUT2D eigenvalue weighted by Gasteiger charge is 2.15. The number of carboxylic acid groups (broad SMARTS) is 1. The molecule has 0 radical (unpaired) electrons. The predicted octanol–water partition coefficient (Wildman–Crippen LogP) is 1.08. The van der Waals surface area contributed by atoms with E-state index in [2.05, 4.69) is 4.84 Å². The van der Waals surface area contributed by atoms with E-state index in [0.717, 1.165) is 16.4 Å². The molecular formula is C8H9NO4S. The second kappa shape index (κ2) is 4.21. The Kier molecular flexibility index (Phi) is 3.21. The van der Waals surface area contributed by atoms with Gasteiger partial charge in [-0.25, -0.2) is 9.86 Å². The summed E-state index contributed by atoms with van der Waals surface area (Å²) in [4.78, 5) is 27.1. The number of hydrogen-bond donors (Lipinski definition) is 1. The summed E-state index contributed by atoms with van der Waals surface area (Å²) in [5.74, 6) is -1.39. The normalized spacial score (nSPS) is 9.86. The van der Waals surface area contributed by atoms with Crippen LogP contribution in [-0.4, -0.2) is 36.2 Å². The minimum absolute atomic E-state index is 0.137. The first-order valence-electron chi connectivity index (χ1n) is 3.71. The van der Waals surface area contributed by atoms with E-state index in [1.54, 1.807) is 0 Å². The van der Waals surface area contributed by atoms with Gasteiger partial charge in [0.25, 0.3) is 5.91 Å². The van der Waals surface area contributed by atoms with Crippen LogP contribution in [0.4, 0.5) is 0 Å². The van der Waals surface area contributed by atoms with E-state index in [9.17, 15) is 9.59 Å². The van der Waals surface area contributed by atoms with E-state index in [4.69, 9.17) is 5.11 Å². The number of rotatable bonds is 3. The van der Waals surface area contributed by atoms with Crippen LogP contribution in [0.15, 0.2) is 12.1 Å². The first-order chi connectivity index (χ1) is 6.56. The van der Waals surface area contributed by atoms with E-state index in [-0.39, 0.29) is 10.8 Å². The van der Waals surface area contributed by atoms with Gasteiger partial charge in [-0.1, -0.05) is 0 Å². The van der Waals surface area contributed by atoms with Gasteiger partial charge in [0.2, 0.25) is 0 Å². The lowest BCUT2D eigenvalue weighted by molar-refractivity contribution is -0.0753. The number of carboxylic acids is 1. The topological polar surface area (TPSA) is 66.8 Å². The number of carbonyl (C=O) groups is 2. The van der Waals surface area contributed by atoms with Gasteiger partial charge in [0, 0.05) is 7.05 Å². The van der Waals surface area contributed by atoms with Gasteiger partial charge in [-0.2, -0.15) is 0 Å². The number of nitrogens with zero attached hydrogens (tertiary/aromatic N) is 1. The predicted molar refractivity (Wildman–Crippen MR) is 50.4 cm³/mol. The van der Waals surface area contributed by atoms with Gasteiger partial charge in [-0.05, 0) is 12.1 Å². The molecule has 5 nitrogen and oxygen atoms in total. The maximum Gasteiger partial charge on any atom is 0.345 e. The van der Waals surface area contributed by atoms with Crippen molar-refractivity contribution < 1.29 is 19.5 Å². The van der Waals surface area contributed by atoms with Crippen LogP contribution in [0.3, 0.4) is 0 Å². The van der Waals surface area contributed by atoms with Gasteiger partial charge in [0.1, 0.15) is 4.88 Å². The van der Waals surface area contributed by atoms with E-state index < -0.39 is 5.97 Å². The van der Waals surface area contributed by atoms with Crippen LogP contribution in [0.25, 0.3) is 0 Å². The van der Waals surface area contributed by atoms with Crippen molar-refractivity contribution in [1.29, 1.82) is 0 Å². The molecule has 0 unspecified atom stereocenters. The molecule has 6 heteroatoms. The Hall–Kier alpha value is -1.40. The molecular weight excluding hydrogens is 206 g/mol. The van der Waals surface area contributed by atoms with Gasteiger partial charge in [0.05, 0.1) is 12.0 Å². The maximum absolute atomic E-state index is 11.4. The summed E-state index contributed by atoms with van der Waals surface area (Å²) >= 11 is 0.922. The van der Waals surface area contributed by atoms with Crippen molar-refractivity contribution in [3.63, 3.8) is 0 Å². The van der Waals surface area contributed by atoms with Crippen molar-refractivity contribution >= 4 is 23.2 Å². The number of thiophene rings is 1. The fourth-order valence-corrected chi connectivity index (χ4v) is 1.62. The van der Waals surface area contributed by atoms with E-state index >= 15 is 0 Å². The van der Waals surface area contributed by atoms with Crippen LogP contribution in [0, 0.1) is 0 Å². The lowest BCUT2D eigenvalue weighted by Crippen LogP contribution is -2.24. The molecule has 0 fully saturated rings. The molecule has 1 heterocycles. The average molecular weight is 215 g/mol. The number of amides is 1. The fourth-order valence-electron chi connectivity index (χ4n) is 0.806. The van der Waals surface area contributed by atoms with Crippen LogP contribution in [0.5, 0.6) is 0 Å². The molecule has 0 saturated carbocycles. The molecule has 1 amide bonds. The molecule has 0 aliphatic heterocycles. The standard InChI is InChI=1S/C8H9NO4S/c1-9(13-2)7(10)5-3-4-6(14-5)8(11)12/h3-4H,1-2H3,(H,11,12). The minimum atomic E-state index is -1.03. The molecule has 0 aliphatic carbocycles. The van der Waals surface area contributed by atoms with Crippen molar-refractivity contribution in [2.24, 2.45) is 0 Å². The highest BCUT2D eigenvalue weighted by atomic mass is 32.1. The Bertz CT molecular complexity index is 360. The lowest BCUT2D eigenvalue weighted by atomic mass is 10.4. The smallest absolute Gasteiger partial charge is 0.345 e. The quantitative estimate of drug-likeness (QED) is 0.766. The molecule has 76 valence electrons. The molecule has 0 aromatic carbocycles. The largest absolute Gasteiger partial charge is 0.477 e. The maximum atomic E-state index is 11.4. The molecule has 1 aromatic rings. The van der Waals surface area contributed by atoms with Crippen molar-refractivity contribution in [1.82, 2.24) is 5.06 Å². The molecule has 0 spiro atoms. The highest BCUT2D eigenvalue weighted by Crippen LogP contribution is 2.17. The van der Waals surface area contributed by atoms with Crippen molar-refractivity contribution in [3.05, 3.63) is 21.9 Å². The molecule has 14 heavy (non-hydrogen) atoms. The van der Waals surface area contributed by atoms with Crippen LogP contribution in [0.2, 0.25) is 0 Å². The average Bonchev–Trinajstić information content (AvgIpc) is 2.64. The van der Waals surface area contributed by atoms with Gasteiger partial charge in [0.15, 0.2) is 0 Å². The minimum Gasteiger partial charge on any atom is -0.477 e. The van der Waals surface area contributed by atoms with Crippen molar-refractivity contribution in [2.45, 2.75) is 0 Å². The Balaban J connectivity index is 2.87. The molecule has 0 aliphatic rings. The van der Waals surface area contributed by atoms with Gasteiger partial charge < -0.3 is 5.11 Å². The Morgan fingerprint density at radius 3 is 2.43 bits per heavy atom. The summed E-state index contributed by atoms with van der Waals surface area (Å²) in [5.41, 5.74) is 0. The van der Waals surface area contributed by atoms with Gasteiger partial charge >= 0.3 is 5.97 Å². The first-order valence-corrected chi connectivity index (χ1v) is 4.53. The number of hydroxylamine groups is 2. The summed E-state index contributed by atoms with van der Waals surface area (Å²) in [7, 11) is 2.83. The third-order valence-corrected chi connectivity index (χ3v) is 2.65. The van der Waals surface area contributed by atoms with Gasteiger partial charge in [-0.15, -0.1) is 11.3 Å². The van der Waals surface area contributed by atoms with Crippen LogP contribution >= 0.6 is 11.3 Å². The Morgan fingerprint density at radius 1 is 1.43 bits per heavy atom. The SMILES string of the molecule is CON(C)C(=O)c1ccc(C(=O)O)s1. The number of carbonyl (C=O) groups excluding carboxylic acids is 1. The van der Waals surface area contributed by atoms with Crippen molar-refractivity contribution in [3.8, 4) is 0 Å². The van der Waals surface area contributed by atoms with Crippen LogP contribution in [-0.2, 0) is 4.84 Å². The zero-order valence-electron chi connectivity index (χ0n) is 7.68. The van der Waals surface area contributed by atoms with E-state index in [1.165, 1.54) is 26.3 Å². The monoisotopic (exact) mass is 215 g/mol. The second-order valence-electron chi connectivity index (χ2n) is 2.45. The zero-order valence-corrected chi connectivity index (χ0v) is 8.50. The Morgan fingerprint density at radius 2 is 2.00 bits per heavy atom. The lowest BCUT2D eigenvalue weighted by Gasteiger charge is -2.11. The molecule has 0 bridgehead atoms. The number of hydrogen-bond acceptors (Lipinski definition) is 4. The third-order valence-electron chi connectivity index (χ3n) is 1.59. The highest BCUT2D eigenvalue weighted by molar-refractivity contribution is 7.15. The second-order valence-corrected chi connectivity index (χ2v) is 3.54. The van der Waals surface area contributed by atoms with E-state index in [0.29, 0.717) is 4.88 Å². The first kappa shape index (κ1) is 10.7. The fraction of sp³-hybridized carbons (Fsp3) is 0.250. The van der Waals surface area contributed by atoms with Crippen LogP contribution in [0.1, 0.15) is 19.3 Å². The summed E-state index contributed by atoms with van der Waals surface area (Å²) < 4.78 is 0. The van der Waals surface area contributed by atoms with Crippen LogP contribution < -0.4 is 0 Å². The van der Waals surface area contributed by atoms with Gasteiger partial charge in [-0.3, -0.25) is 9.63 Å². The summed E-state index contributed by atoms with van der Waals surface area (Å²) in [5, 5.41) is 9.67. The summed E-state index contributed by atoms with van der Waals surface area (Å²) in [6.07, 6.45) is 0. The summed E-state index contributed by atoms with van der Waals surface area (Å²) in [6.45, 7) is 0. The zero-order chi connectivity index (χ0) is 10.7. The van der Waals surface area contributed by atoms with E-state index in [1.807, 2.05) is 0 Å². The third kappa shape index (κ3) is 2.09.